The van der Waals surface area contributed by atoms with Gasteiger partial charge in [0.1, 0.15) is 6.54 Å². The molecule has 0 aliphatic carbocycles. The van der Waals surface area contributed by atoms with Crippen molar-refractivity contribution in [2.75, 3.05) is 31.5 Å². The van der Waals surface area contributed by atoms with Crippen LogP contribution in [0, 0.1) is 0 Å². The minimum Gasteiger partial charge on any atom is -0.339 e. The highest BCUT2D eigenvalue weighted by Crippen LogP contribution is 2.12. The molecule has 0 saturated carbocycles. The van der Waals surface area contributed by atoms with Gasteiger partial charge in [0.05, 0.1) is 6.54 Å². The fourth-order valence-electron chi connectivity index (χ4n) is 3.62. The highest BCUT2D eigenvalue weighted by atomic mass is 16.2. The lowest BCUT2D eigenvalue weighted by Gasteiger charge is -2.25. The molecular weight excluding hydrogens is 338 g/mol. The summed E-state index contributed by atoms with van der Waals surface area (Å²) in [5.74, 6) is 0.0292. The van der Waals surface area contributed by atoms with E-state index in [0.29, 0.717) is 25.2 Å². The van der Waals surface area contributed by atoms with Gasteiger partial charge in [0, 0.05) is 36.3 Å². The van der Waals surface area contributed by atoms with Crippen molar-refractivity contribution >= 4 is 17.5 Å². The second kappa shape index (κ2) is 8.82. The van der Waals surface area contributed by atoms with Crippen molar-refractivity contribution in [3.05, 3.63) is 65.2 Å². The number of nitrogens with one attached hydrogen (secondary N) is 2. The van der Waals surface area contributed by atoms with Crippen LogP contribution in [-0.4, -0.2) is 42.9 Å². The first-order valence-corrected chi connectivity index (χ1v) is 9.70. The van der Waals surface area contributed by atoms with Crippen molar-refractivity contribution in [3.8, 4) is 0 Å². The fourth-order valence-corrected chi connectivity index (χ4v) is 3.62. The van der Waals surface area contributed by atoms with Gasteiger partial charge in [-0.1, -0.05) is 24.3 Å². The van der Waals surface area contributed by atoms with Gasteiger partial charge in [0.15, 0.2) is 6.54 Å². The second-order valence-corrected chi connectivity index (χ2v) is 6.98. The number of rotatable bonds is 6. The Labute approximate surface area is 161 Å². The van der Waals surface area contributed by atoms with E-state index in [9.17, 15) is 9.59 Å². The van der Waals surface area contributed by atoms with E-state index in [4.69, 9.17) is 0 Å². The van der Waals surface area contributed by atoms with Crippen LogP contribution in [0.3, 0.4) is 0 Å². The molecule has 27 heavy (non-hydrogen) atoms. The zero-order valence-electron chi connectivity index (χ0n) is 16.1. The highest BCUT2D eigenvalue weighted by Gasteiger charge is 2.21. The number of benzene rings is 2. The maximum absolute atomic E-state index is 12.4. The summed E-state index contributed by atoms with van der Waals surface area (Å²) in [6, 6.07) is 15.6. The molecule has 1 atom stereocenters. The molecule has 1 heterocycles. The van der Waals surface area contributed by atoms with E-state index >= 15 is 0 Å². The van der Waals surface area contributed by atoms with Gasteiger partial charge in [-0.15, -0.1) is 0 Å². The Morgan fingerprint density at radius 2 is 1.67 bits per heavy atom. The van der Waals surface area contributed by atoms with Crippen LogP contribution in [0.1, 0.15) is 35.3 Å². The topological polar surface area (TPSA) is 53.9 Å². The van der Waals surface area contributed by atoms with E-state index in [-0.39, 0.29) is 11.8 Å². The van der Waals surface area contributed by atoms with Crippen molar-refractivity contribution in [3.63, 3.8) is 0 Å². The summed E-state index contributed by atoms with van der Waals surface area (Å²) >= 11 is 0. The van der Waals surface area contributed by atoms with E-state index in [1.54, 1.807) is 29.2 Å². The van der Waals surface area contributed by atoms with Gasteiger partial charge >= 0.3 is 0 Å². The maximum atomic E-state index is 12.4. The van der Waals surface area contributed by atoms with Gasteiger partial charge in [-0.25, -0.2) is 0 Å². The number of fused-ring (bicyclic) bond motifs is 1. The third-order valence-electron chi connectivity index (χ3n) is 5.18. The van der Waals surface area contributed by atoms with Crippen LogP contribution in [0.5, 0.6) is 0 Å². The van der Waals surface area contributed by atoms with Gasteiger partial charge in [0.25, 0.3) is 11.8 Å². The molecule has 2 aromatic carbocycles. The van der Waals surface area contributed by atoms with Crippen molar-refractivity contribution in [1.82, 2.24) is 4.90 Å². The van der Waals surface area contributed by atoms with Crippen LogP contribution in [0.4, 0.5) is 5.69 Å². The van der Waals surface area contributed by atoms with Crippen molar-refractivity contribution in [2.24, 2.45) is 0 Å². The number of amides is 2. The summed E-state index contributed by atoms with van der Waals surface area (Å²) in [6.07, 6.45) is 1.01. The smallest absolute Gasteiger partial charge is 0.279 e. The van der Waals surface area contributed by atoms with Gasteiger partial charge in [-0.2, -0.15) is 0 Å². The summed E-state index contributed by atoms with van der Waals surface area (Å²) in [5.41, 5.74) is 4.11. The number of carbonyl (C=O) groups is 2. The SMILES string of the molecule is CCN(CC)C(=O)c1ccc(NC(=O)C[NH+]2CCc3ccccc3C2)cc1. The third kappa shape index (κ3) is 4.74. The Hall–Kier alpha value is -2.66. The summed E-state index contributed by atoms with van der Waals surface area (Å²) in [6.45, 7) is 7.64. The first-order chi connectivity index (χ1) is 13.1. The molecule has 3 rings (SSSR count). The first kappa shape index (κ1) is 19.1. The number of anilines is 1. The molecule has 1 aliphatic heterocycles. The predicted octanol–water partition coefficient (Wildman–Crippen LogP) is 1.75. The molecule has 0 saturated heterocycles. The average molecular weight is 366 g/mol. The largest absolute Gasteiger partial charge is 0.339 e. The van der Waals surface area contributed by atoms with Crippen LogP contribution in [0.15, 0.2) is 48.5 Å². The number of quaternary nitrogens is 1. The molecule has 0 fully saturated rings. The second-order valence-electron chi connectivity index (χ2n) is 6.98. The standard InChI is InChI=1S/C22H27N3O2/c1-3-25(4-2)22(27)18-9-11-20(12-10-18)23-21(26)16-24-14-13-17-7-5-6-8-19(17)15-24/h5-12H,3-4,13-16H2,1-2H3,(H,23,26)/p+1. The van der Waals surface area contributed by atoms with Gasteiger partial charge < -0.3 is 15.1 Å². The van der Waals surface area contributed by atoms with E-state index in [1.807, 2.05) is 13.8 Å². The van der Waals surface area contributed by atoms with Crippen molar-refractivity contribution in [1.29, 1.82) is 0 Å². The monoisotopic (exact) mass is 366 g/mol. The average Bonchev–Trinajstić information content (AvgIpc) is 2.69. The van der Waals surface area contributed by atoms with Crippen LogP contribution in [0.25, 0.3) is 0 Å². The van der Waals surface area contributed by atoms with Crippen molar-refractivity contribution < 1.29 is 14.5 Å². The molecule has 1 aliphatic rings. The van der Waals surface area contributed by atoms with E-state index in [2.05, 4.69) is 29.6 Å². The summed E-state index contributed by atoms with van der Waals surface area (Å²) in [7, 11) is 0. The maximum Gasteiger partial charge on any atom is 0.279 e. The molecule has 5 nitrogen and oxygen atoms in total. The third-order valence-corrected chi connectivity index (χ3v) is 5.18. The number of hydrogen-bond donors (Lipinski definition) is 2. The normalized spacial score (nSPS) is 15.7. The zero-order valence-corrected chi connectivity index (χ0v) is 16.1. The lowest BCUT2D eigenvalue weighted by molar-refractivity contribution is -0.907. The Balaban J connectivity index is 1.55. The van der Waals surface area contributed by atoms with Gasteiger partial charge in [-0.05, 0) is 43.7 Å². The molecule has 2 N–H and O–H groups in total. The van der Waals surface area contributed by atoms with Crippen LogP contribution in [0.2, 0.25) is 0 Å². The molecule has 1 unspecified atom stereocenters. The molecule has 0 bridgehead atoms. The minimum atomic E-state index is 0.00667. The molecule has 2 aromatic rings. The number of nitrogens with zero attached hydrogens (tertiary/aromatic N) is 1. The molecule has 0 spiro atoms. The number of hydrogen-bond acceptors (Lipinski definition) is 2. The lowest BCUT2D eigenvalue weighted by atomic mass is 10.00. The fraction of sp³-hybridized carbons (Fsp3) is 0.364. The van der Waals surface area contributed by atoms with Gasteiger partial charge in [0.2, 0.25) is 0 Å². The lowest BCUT2D eigenvalue weighted by Crippen LogP contribution is -3.12. The van der Waals surface area contributed by atoms with E-state index in [1.165, 1.54) is 16.0 Å². The predicted molar refractivity (Wildman–Crippen MR) is 107 cm³/mol. The van der Waals surface area contributed by atoms with E-state index < -0.39 is 0 Å². The minimum absolute atomic E-state index is 0.00667. The van der Waals surface area contributed by atoms with Crippen molar-refractivity contribution in [2.45, 2.75) is 26.8 Å². The van der Waals surface area contributed by atoms with Crippen LogP contribution in [-0.2, 0) is 17.8 Å². The van der Waals surface area contributed by atoms with Crippen LogP contribution >= 0.6 is 0 Å². The first-order valence-electron chi connectivity index (χ1n) is 9.70. The Kier molecular flexibility index (Phi) is 6.24. The molecular formula is C22H28N3O2+. The van der Waals surface area contributed by atoms with Crippen LogP contribution < -0.4 is 10.2 Å². The zero-order chi connectivity index (χ0) is 19.2. The molecule has 5 heteroatoms. The molecule has 142 valence electrons. The quantitative estimate of drug-likeness (QED) is 0.818. The van der Waals surface area contributed by atoms with Gasteiger partial charge in [-0.3, -0.25) is 9.59 Å². The summed E-state index contributed by atoms with van der Waals surface area (Å²) < 4.78 is 0. The summed E-state index contributed by atoms with van der Waals surface area (Å²) in [5, 5.41) is 2.95. The highest BCUT2D eigenvalue weighted by molar-refractivity contribution is 5.96. The summed E-state index contributed by atoms with van der Waals surface area (Å²) in [4.78, 5) is 27.8. The Morgan fingerprint density at radius 3 is 2.33 bits per heavy atom. The van der Waals surface area contributed by atoms with E-state index in [0.717, 1.165) is 25.2 Å². The molecule has 0 radical (unpaired) electrons. The Morgan fingerprint density at radius 1 is 1.00 bits per heavy atom. The Bertz CT molecular complexity index is 797. The molecule has 0 aromatic heterocycles. The molecule has 2 amide bonds. The number of carbonyl (C=O) groups excluding carboxylic acids is 2.